The number of hydrogen-bond donors (Lipinski definition) is 2. The van der Waals surface area contributed by atoms with Gasteiger partial charge in [-0.25, -0.2) is 4.39 Å². The van der Waals surface area contributed by atoms with E-state index >= 15 is 0 Å². The van der Waals surface area contributed by atoms with Crippen LogP contribution >= 0.6 is 11.6 Å². The first kappa shape index (κ1) is 13.3. The van der Waals surface area contributed by atoms with Gasteiger partial charge in [0.05, 0.1) is 6.04 Å². The molecule has 0 aliphatic heterocycles. The average molecular weight is 271 g/mol. The smallest absolute Gasteiger partial charge is 0.236 e. The number of nitrogens with two attached hydrogens (primary N) is 1. The lowest BCUT2D eigenvalue weighted by Gasteiger charge is -2.18. The Balaban J connectivity index is 2.10. The average Bonchev–Trinajstić information content (AvgIpc) is 3.06. The molecule has 0 bridgehead atoms. The molecule has 1 unspecified atom stereocenters. The minimum absolute atomic E-state index is 0.212. The number of nitrogens with one attached hydrogen (secondary N) is 1. The van der Waals surface area contributed by atoms with Crippen molar-refractivity contribution in [2.75, 3.05) is 6.54 Å². The minimum Gasteiger partial charge on any atom is -0.354 e. The first-order chi connectivity index (χ1) is 8.44. The number of benzene rings is 1. The van der Waals surface area contributed by atoms with Crippen molar-refractivity contribution in [1.82, 2.24) is 5.32 Å². The predicted molar refractivity (Wildman–Crippen MR) is 69.0 cm³/mol. The highest BCUT2D eigenvalue weighted by molar-refractivity contribution is 6.30. The number of amides is 1. The predicted octanol–water partition coefficient (Wildman–Crippen LogP) is 1.97. The zero-order valence-corrected chi connectivity index (χ0v) is 10.9. The molecule has 1 atom stereocenters. The van der Waals surface area contributed by atoms with Crippen molar-refractivity contribution in [2.24, 2.45) is 5.73 Å². The van der Waals surface area contributed by atoms with Gasteiger partial charge in [0.2, 0.25) is 5.91 Å². The summed E-state index contributed by atoms with van der Waals surface area (Å²) in [7, 11) is 0. The molecule has 3 nitrogen and oxygen atoms in total. The summed E-state index contributed by atoms with van der Waals surface area (Å²) in [5.41, 5.74) is 5.81. The standard InChI is InChI=1S/C13H16ClFN2O/c1-8(16)12(18)17-7-13(4-5-13)10-3-2-9(14)6-11(10)15/h2-3,6,8H,4-5,7,16H2,1H3,(H,17,18). The third-order valence-electron chi connectivity index (χ3n) is 3.37. The molecule has 98 valence electrons. The van der Waals surface area contributed by atoms with Gasteiger partial charge in [-0.15, -0.1) is 0 Å². The third kappa shape index (κ3) is 2.65. The van der Waals surface area contributed by atoms with Crippen molar-refractivity contribution in [3.8, 4) is 0 Å². The lowest BCUT2D eigenvalue weighted by Crippen LogP contribution is -2.41. The van der Waals surface area contributed by atoms with Gasteiger partial charge in [-0.05, 0) is 37.5 Å². The van der Waals surface area contributed by atoms with Crippen molar-refractivity contribution < 1.29 is 9.18 Å². The summed E-state index contributed by atoms with van der Waals surface area (Å²) in [4.78, 5) is 11.4. The van der Waals surface area contributed by atoms with Crippen molar-refractivity contribution in [1.29, 1.82) is 0 Å². The second-order valence-corrected chi connectivity index (χ2v) is 5.35. The van der Waals surface area contributed by atoms with Gasteiger partial charge in [-0.2, -0.15) is 0 Å². The Bertz CT molecular complexity index is 472. The Labute approximate surface area is 111 Å². The van der Waals surface area contributed by atoms with E-state index in [2.05, 4.69) is 5.32 Å². The molecule has 0 aromatic heterocycles. The minimum atomic E-state index is -0.545. The molecule has 3 N–H and O–H groups in total. The second kappa shape index (κ2) is 4.86. The van der Waals surface area contributed by atoms with Crippen LogP contribution in [0.5, 0.6) is 0 Å². The molecular formula is C13H16ClFN2O. The number of rotatable bonds is 4. The molecule has 1 aromatic carbocycles. The first-order valence-corrected chi connectivity index (χ1v) is 6.31. The number of hydrogen-bond acceptors (Lipinski definition) is 2. The van der Waals surface area contributed by atoms with Gasteiger partial charge < -0.3 is 11.1 Å². The normalized spacial score (nSPS) is 18.2. The van der Waals surface area contributed by atoms with Gasteiger partial charge in [0.25, 0.3) is 0 Å². The second-order valence-electron chi connectivity index (χ2n) is 4.91. The molecule has 0 radical (unpaired) electrons. The molecule has 2 rings (SSSR count). The van der Waals surface area contributed by atoms with Gasteiger partial charge in [-0.3, -0.25) is 4.79 Å². The van der Waals surface area contributed by atoms with Crippen LogP contribution in [0.1, 0.15) is 25.3 Å². The van der Waals surface area contributed by atoms with Crippen LogP contribution in [0, 0.1) is 5.82 Å². The molecular weight excluding hydrogens is 255 g/mol. The van der Waals surface area contributed by atoms with E-state index < -0.39 is 6.04 Å². The Kier molecular flexibility index (Phi) is 3.59. The molecule has 0 spiro atoms. The summed E-state index contributed by atoms with van der Waals surface area (Å²) in [6.45, 7) is 2.05. The van der Waals surface area contributed by atoms with Crippen LogP contribution in [0.4, 0.5) is 4.39 Å². The topological polar surface area (TPSA) is 55.1 Å². The van der Waals surface area contributed by atoms with E-state index in [1.807, 2.05) is 0 Å². The van der Waals surface area contributed by atoms with Crippen LogP contribution < -0.4 is 11.1 Å². The molecule has 0 saturated heterocycles. The zero-order chi connectivity index (χ0) is 13.3. The highest BCUT2D eigenvalue weighted by Crippen LogP contribution is 2.48. The number of carbonyl (C=O) groups is 1. The number of halogens is 2. The van der Waals surface area contributed by atoms with Gasteiger partial charge in [-0.1, -0.05) is 17.7 Å². The summed E-state index contributed by atoms with van der Waals surface area (Å²) < 4.78 is 13.8. The zero-order valence-electron chi connectivity index (χ0n) is 10.2. The van der Waals surface area contributed by atoms with E-state index in [-0.39, 0.29) is 17.1 Å². The molecule has 1 amide bonds. The molecule has 1 aliphatic carbocycles. The lowest BCUT2D eigenvalue weighted by atomic mass is 9.95. The maximum absolute atomic E-state index is 13.8. The van der Waals surface area contributed by atoms with Gasteiger partial charge in [0, 0.05) is 17.0 Å². The van der Waals surface area contributed by atoms with Crippen LogP contribution in [-0.4, -0.2) is 18.5 Å². The van der Waals surface area contributed by atoms with E-state index in [4.69, 9.17) is 17.3 Å². The van der Waals surface area contributed by atoms with Crippen LogP contribution in [0.15, 0.2) is 18.2 Å². The molecule has 0 heterocycles. The third-order valence-corrected chi connectivity index (χ3v) is 3.61. The Hall–Kier alpha value is -1.13. The van der Waals surface area contributed by atoms with Crippen molar-refractivity contribution in [3.05, 3.63) is 34.6 Å². The van der Waals surface area contributed by atoms with Gasteiger partial charge in [0.15, 0.2) is 0 Å². The molecule has 18 heavy (non-hydrogen) atoms. The van der Waals surface area contributed by atoms with Crippen molar-refractivity contribution in [3.63, 3.8) is 0 Å². The summed E-state index contributed by atoms with van der Waals surface area (Å²) in [5.74, 6) is -0.523. The molecule has 1 aliphatic rings. The van der Waals surface area contributed by atoms with E-state index in [0.717, 1.165) is 12.8 Å². The Morgan fingerprint density at radius 2 is 2.28 bits per heavy atom. The van der Waals surface area contributed by atoms with Crippen LogP contribution in [-0.2, 0) is 10.2 Å². The first-order valence-electron chi connectivity index (χ1n) is 5.93. The summed E-state index contributed by atoms with van der Waals surface area (Å²) in [6.07, 6.45) is 1.73. The summed E-state index contributed by atoms with van der Waals surface area (Å²) in [6, 6.07) is 4.14. The monoisotopic (exact) mass is 270 g/mol. The number of carbonyl (C=O) groups excluding carboxylic acids is 1. The van der Waals surface area contributed by atoms with E-state index in [9.17, 15) is 9.18 Å². The van der Waals surface area contributed by atoms with Crippen LogP contribution in [0.25, 0.3) is 0 Å². The molecule has 5 heteroatoms. The van der Waals surface area contributed by atoms with Crippen molar-refractivity contribution in [2.45, 2.75) is 31.2 Å². The highest BCUT2D eigenvalue weighted by Gasteiger charge is 2.46. The Morgan fingerprint density at radius 3 is 2.78 bits per heavy atom. The fraction of sp³-hybridized carbons (Fsp3) is 0.462. The molecule has 1 saturated carbocycles. The molecule has 1 fully saturated rings. The maximum Gasteiger partial charge on any atom is 0.236 e. The summed E-state index contributed by atoms with van der Waals surface area (Å²) >= 11 is 5.73. The van der Waals surface area contributed by atoms with Crippen LogP contribution in [0.2, 0.25) is 5.02 Å². The SMILES string of the molecule is CC(N)C(=O)NCC1(c2ccc(Cl)cc2F)CC1. The molecule has 1 aromatic rings. The Morgan fingerprint density at radius 1 is 1.61 bits per heavy atom. The highest BCUT2D eigenvalue weighted by atomic mass is 35.5. The lowest BCUT2D eigenvalue weighted by molar-refractivity contribution is -0.122. The van der Waals surface area contributed by atoms with Crippen molar-refractivity contribution >= 4 is 17.5 Å². The van der Waals surface area contributed by atoms with Gasteiger partial charge >= 0.3 is 0 Å². The van der Waals surface area contributed by atoms with Gasteiger partial charge in [0.1, 0.15) is 5.82 Å². The fourth-order valence-corrected chi connectivity index (χ4v) is 2.19. The maximum atomic E-state index is 13.8. The van der Waals surface area contributed by atoms with E-state index in [1.165, 1.54) is 6.07 Å². The van der Waals surface area contributed by atoms with Crippen LogP contribution in [0.3, 0.4) is 0 Å². The fourth-order valence-electron chi connectivity index (χ4n) is 2.03. The summed E-state index contributed by atoms with van der Waals surface area (Å²) in [5, 5.41) is 3.14. The van der Waals surface area contributed by atoms with E-state index in [0.29, 0.717) is 17.1 Å². The van der Waals surface area contributed by atoms with E-state index in [1.54, 1.807) is 19.1 Å². The largest absolute Gasteiger partial charge is 0.354 e. The quantitative estimate of drug-likeness (QED) is 0.879.